The summed E-state index contributed by atoms with van der Waals surface area (Å²) in [5, 5.41) is 12.6. The van der Waals surface area contributed by atoms with Crippen molar-refractivity contribution in [2.45, 2.75) is 12.1 Å². The van der Waals surface area contributed by atoms with E-state index in [2.05, 4.69) is 15.1 Å². The van der Waals surface area contributed by atoms with Gasteiger partial charge in [0.25, 0.3) is 5.22 Å². The van der Waals surface area contributed by atoms with E-state index in [-0.39, 0.29) is 11.0 Å². The lowest BCUT2D eigenvalue weighted by Crippen LogP contribution is -1.97. The molecule has 0 radical (unpaired) electrons. The van der Waals surface area contributed by atoms with E-state index in [1.807, 2.05) is 6.92 Å². The summed E-state index contributed by atoms with van der Waals surface area (Å²) in [5.74, 6) is -0.579. The highest BCUT2D eigenvalue weighted by atomic mass is 32.2. The molecule has 6 nitrogen and oxygen atoms in total. The number of aromatic nitrogens is 3. The smallest absolute Gasteiger partial charge is 0.314 e. The molecule has 17 heavy (non-hydrogen) atoms. The number of nitrogens with zero attached hydrogens (tertiary/aromatic N) is 3. The van der Waals surface area contributed by atoms with Crippen LogP contribution in [0.15, 0.2) is 28.2 Å². The normalized spacial score (nSPS) is 10.4. The quantitative estimate of drug-likeness (QED) is 0.825. The highest BCUT2D eigenvalue weighted by Crippen LogP contribution is 2.22. The maximum absolute atomic E-state index is 10.4. The summed E-state index contributed by atoms with van der Waals surface area (Å²) in [6.07, 6.45) is 3.35. The van der Waals surface area contributed by atoms with Gasteiger partial charge >= 0.3 is 5.97 Å². The second-order valence-corrected chi connectivity index (χ2v) is 4.18. The van der Waals surface area contributed by atoms with Gasteiger partial charge in [-0.2, -0.15) is 4.98 Å². The Kier molecular flexibility index (Phi) is 3.38. The highest BCUT2D eigenvalue weighted by molar-refractivity contribution is 7.99. The fourth-order valence-electron chi connectivity index (χ4n) is 1.23. The molecule has 7 heteroatoms. The van der Waals surface area contributed by atoms with Crippen molar-refractivity contribution in [3.05, 3.63) is 24.0 Å². The van der Waals surface area contributed by atoms with Crippen LogP contribution in [0.3, 0.4) is 0 Å². The summed E-state index contributed by atoms with van der Waals surface area (Å²) in [4.78, 5) is 18.5. The molecule has 0 saturated carbocycles. The van der Waals surface area contributed by atoms with Gasteiger partial charge in [-0.15, -0.1) is 0 Å². The molecule has 0 saturated heterocycles. The van der Waals surface area contributed by atoms with E-state index in [1.54, 1.807) is 18.5 Å². The van der Waals surface area contributed by atoms with Crippen molar-refractivity contribution in [1.82, 2.24) is 15.1 Å². The molecule has 0 aliphatic heterocycles. The minimum Gasteiger partial charge on any atom is -0.481 e. The lowest BCUT2D eigenvalue weighted by molar-refractivity contribution is -0.133. The number of rotatable bonds is 4. The minimum atomic E-state index is -0.921. The first-order valence-electron chi connectivity index (χ1n) is 4.76. The number of carboxylic acids is 1. The number of thioether (sulfide) groups is 1. The number of hydrogen-bond donors (Lipinski definition) is 1. The van der Waals surface area contributed by atoms with Gasteiger partial charge in [-0.1, -0.05) is 16.9 Å². The molecule has 0 amide bonds. The Hall–Kier alpha value is -1.89. The molecule has 1 N–H and O–H groups in total. The van der Waals surface area contributed by atoms with E-state index in [0.717, 1.165) is 22.9 Å². The van der Waals surface area contributed by atoms with Crippen LogP contribution in [0.5, 0.6) is 0 Å². The molecule has 0 atom stereocenters. The second-order valence-electron chi connectivity index (χ2n) is 3.26. The predicted molar refractivity (Wildman–Crippen MR) is 60.6 cm³/mol. The van der Waals surface area contributed by atoms with E-state index in [4.69, 9.17) is 9.63 Å². The molecule has 2 rings (SSSR count). The largest absolute Gasteiger partial charge is 0.481 e. The topological polar surface area (TPSA) is 89.1 Å². The first-order valence-corrected chi connectivity index (χ1v) is 5.74. The van der Waals surface area contributed by atoms with Gasteiger partial charge in [-0.05, 0) is 18.6 Å². The Balaban J connectivity index is 2.18. The molecule has 2 heterocycles. The Morgan fingerprint density at radius 2 is 2.41 bits per heavy atom. The summed E-state index contributed by atoms with van der Waals surface area (Å²) in [6.45, 7) is 1.89. The van der Waals surface area contributed by atoms with Crippen LogP contribution in [-0.2, 0) is 4.79 Å². The van der Waals surface area contributed by atoms with Crippen molar-refractivity contribution >= 4 is 17.7 Å². The maximum Gasteiger partial charge on any atom is 0.314 e. The first-order chi connectivity index (χ1) is 8.16. The SMILES string of the molecule is Cc1cnccc1-c1noc(SCC(=O)O)n1. The van der Waals surface area contributed by atoms with Crippen LogP contribution in [0.1, 0.15) is 5.56 Å². The zero-order valence-electron chi connectivity index (χ0n) is 8.95. The zero-order valence-corrected chi connectivity index (χ0v) is 9.77. The molecule has 0 fully saturated rings. The number of pyridine rings is 1. The van der Waals surface area contributed by atoms with Gasteiger partial charge in [0.05, 0.1) is 0 Å². The molecule has 2 aromatic rings. The van der Waals surface area contributed by atoms with Crippen molar-refractivity contribution in [3.8, 4) is 11.4 Å². The van der Waals surface area contributed by atoms with Crippen LogP contribution in [0.4, 0.5) is 0 Å². The van der Waals surface area contributed by atoms with Crippen LogP contribution in [0.25, 0.3) is 11.4 Å². The van der Waals surface area contributed by atoms with Gasteiger partial charge in [0.15, 0.2) is 0 Å². The summed E-state index contributed by atoms with van der Waals surface area (Å²) in [5.41, 5.74) is 1.76. The van der Waals surface area contributed by atoms with Gasteiger partial charge in [0.1, 0.15) is 5.75 Å². The van der Waals surface area contributed by atoms with Gasteiger partial charge in [-0.25, -0.2) is 0 Å². The summed E-state index contributed by atoms with van der Waals surface area (Å²) >= 11 is 0.994. The molecule has 88 valence electrons. The second kappa shape index (κ2) is 4.96. The third-order valence-electron chi connectivity index (χ3n) is 1.99. The molecular weight excluding hydrogens is 242 g/mol. The van der Waals surface area contributed by atoms with Gasteiger partial charge in [0, 0.05) is 18.0 Å². The Bertz CT molecular complexity index is 541. The molecular formula is C10H9N3O3S. The number of hydrogen-bond acceptors (Lipinski definition) is 6. The number of carboxylic acid groups (broad SMARTS) is 1. The predicted octanol–water partition coefficient (Wildman–Crippen LogP) is 1.62. The number of aliphatic carboxylic acids is 1. The molecule has 0 aliphatic rings. The van der Waals surface area contributed by atoms with Crippen LogP contribution < -0.4 is 0 Å². The first kappa shape index (κ1) is 11.6. The average molecular weight is 251 g/mol. The number of aryl methyl sites for hydroxylation is 1. The third-order valence-corrected chi connectivity index (χ3v) is 2.79. The van der Waals surface area contributed by atoms with Crippen LogP contribution in [-0.4, -0.2) is 32.0 Å². The summed E-state index contributed by atoms with van der Waals surface area (Å²) in [7, 11) is 0. The van der Waals surface area contributed by atoms with Crippen LogP contribution >= 0.6 is 11.8 Å². The Morgan fingerprint density at radius 3 is 3.12 bits per heavy atom. The van der Waals surface area contributed by atoms with Gasteiger partial charge in [0.2, 0.25) is 5.82 Å². The van der Waals surface area contributed by atoms with Crippen LogP contribution in [0.2, 0.25) is 0 Å². The van der Waals surface area contributed by atoms with Crippen molar-refractivity contribution < 1.29 is 14.4 Å². The van der Waals surface area contributed by atoms with E-state index in [9.17, 15) is 4.79 Å². The van der Waals surface area contributed by atoms with E-state index in [1.165, 1.54) is 0 Å². The van der Waals surface area contributed by atoms with Gasteiger partial charge < -0.3 is 9.63 Å². The number of carbonyl (C=O) groups is 1. The summed E-state index contributed by atoms with van der Waals surface area (Å²) in [6, 6.07) is 1.78. The maximum atomic E-state index is 10.4. The lowest BCUT2D eigenvalue weighted by atomic mass is 10.1. The van der Waals surface area contributed by atoms with Crippen molar-refractivity contribution in [2.24, 2.45) is 0 Å². The fourth-order valence-corrected chi connectivity index (χ4v) is 1.71. The van der Waals surface area contributed by atoms with E-state index in [0.29, 0.717) is 5.82 Å². The monoisotopic (exact) mass is 251 g/mol. The molecule has 0 aliphatic carbocycles. The zero-order chi connectivity index (χ0) is 12.3. The van der Waals surface area contributed by atoms with Gasteiger partial charge in [-0.3, -0.25) is 9.78 Å². The molecule has 0 spiro atoms. The lowest BCUT2D eigenvalue weighted by Gasteiger charge is -1.97. The average Bonchev–Trinajstić information content (AvgIpc) is 2.75. The molecule has 0 bridgehead atoms. The Morgan fingerprint density at radius 1 is 1.59 bits per heavy atom. The van der Waals surface area contributed by atoms with Crippen molar-refractivity contribution in [3.63, 3.8) is 0 Å². The highest BCUT2D eigenvalue weighted by Gasteiger charge is 2.12. The minimum absolute atomic E-state index is 0.100. The molecule has 0 aromatic carbocycles. The molecule has 0 unspecified atom stereocenters. The van der Waals surface area contributed by atoms with Crippen molar-refractivity contribution in [1.29, 1.82) is 0 Å². The van der Waals surface area contributed by atoms with Crippen molar-refractivity contribution in [2.75, 3.05) is 5.75 Å². The Labute approximate surface area is 101 Å². The third kappa shape index (κ3) is 2.82. The standard InChI is InChI=1S/C10H9N3O3S/c1-6-4-11-3-2-7(6)9-12-10(16-13-9)17-5-8(14)15/h2-4H,5H2,1H3,(H,14,15). The summed E-state index contributed by atoms with van der Waals surface area (Å²) < 4.78 is 4.94. The van der Waals surface area contributed by atoms with Crippen LogP contribution in [0, 0.1) is 6.92 Å². The van der Waals surface area contributed by atoms with E-state index < -0.39 is 5.97 Å². The van der Waals surface area contributed by atoms with E-state index >= 15 is 0 Å². The molecule has 2 aromatic heterocycles. The fraction of sp³-hybridized carbons (Fsp3) is 0.200.